The van der Waals surface area contributed by atoms with Crippen LogP contribution < -0.4 is 5.73 Å². The second-order valence-electron chi connectivity index (χ2n) is 4.23. The van der Waals surface area contributed by atoms with Gasteiger partial charge in [-0.15, -0.1) is 10.2 Å². The van der Waals surface area contributed by atoms with Gasteiger partial charge < -0.3 is 10.3 Å². The van der Waals surface area contributed by atoms with E-state index in [0.717, 1.165) is 11.4 Å². The van der Waals surface area contributed by atoms with Gasteiger partial charge in [0.1, 0.15) is 11.6 Å². The summed E-state index contributed by atoms with van der Waals surface area (Å²) in [5.74, 6) is 1.12. The molecule has 0 spiro atoms. The Kier molecular flexibility index (Phi) is 3.77. The summed E-state index contributed by atoms with van der Waals surface area (Å²) in [5.41, 5.74) is 6.45. The van der Waals surface area contributed by atoms with E-state index in [1.165, 1.54) is 12.1 Å². The number of nitrogens with two attached hydrogens (primary N) is 1. The highest BCUT2D eigenvalue weighted by atomic mass is 79.9. The molecule has 0 saturated heterocycles. The molecule has 0 aliphatic heterocycles. The standard InChI is InChI=1S/C12H14BrFN4/c1-7(2)18-11(6-15)16-17-12(18)9-4-3-8(14)5-10(9)13/h3-5,7H,6,15H2,1-2H3. The topological polar surface area (TPSA) is 56.7 Å². The predicted octanol–water partition coefficient (Wildman–Crippen LogP) is 2.89. The molecule has 1 aromatic heterocycles. The van der Waals surface area contributed by atoms with Gasteiger partial charge in [-0.2, -0.15) is 0 Å². The number of halogens is 2. The van der Waals surface area contributed by atoms with E-state index in [4.69, 9.17) is 5.73 Å². The van der Waals surface area contributed by atoms with Gasteiger partial charge in [-0.25, -0.2) is 4.39 Å². The lowest BCUT2D eigenvalue weighted by Crippen LogP contribution is -2.11. The van der Waals surface area contributed by atoms with Crippen LogP contribution in [0.5, 0.6) is 0 Å². The van der Waals surface area contributed by atoms with Gasteiger partial charge in [-0.3, -0.25) is 0 Å². The van der Waals surface area contributed by atoms with Crippen molar-refractivity contribution in [3.63, 3.8) is 0 Å². The van der Waals surface area contributed by atoms with Crippen LogP contribution in [0.3, 0.4) is 0 Å². The summed E-state index contributed by atoms with van der Waals surface area (Å²) in [5, 5.41) is 8.22. The van der Waals surface area contributed by atoms with Crippen molar-refractivity contribution in [3.05, 3.63) is 34.3 Å². The molecule has 0 aliphatic carbocycles. The number of hydrogen-bond acceptors (Lipinski definition) is 3. The molecule has 2 N–H and O–H groups in total. The lowest BCUT2D eigenvalue weighted by molar-refractivity contribution is 0.574. The molecule has 0 aliphatic rings. The van der Waals surface area contributed by atoms with Gasteiger partial charge >= 0.3 is 0 Å². The Balaban J connectivity index is 2.60. The third-order valence-corrected chi connectivity index (χ3v) is 3.29. The largest absolute Gasteiger partial charge is 0.324 e. The minimum Gasteiger partial charge on any atom is -0.324 e. The maximum atomic E-state index is 13.1. The van der Waals surface area contributed by atoms with E-state index in [0.29, 0.717) is 16.8 Å². The Labute approximate surface area is 113 Å². The second-order valence-corrected chi connectivity index (χ2v) is 5.09. The van der Waals surface area contributed by atoms with Crippen LogP contribution in [0.25, 0.3) is 11.4 Å². The zero-order valence-electron chi connectivity index (χ0n) is 10.2. The molecular formula is C12H14BrFN4. The lowest BCUT2D eigenvalue weighted by Gasteiger charge is -2.14. The lowest BCUT2D eigenvalue weighted by atomic mass is 10.2. The molecule has 0 fully saturated rings. The Morgan fingerprint density at radius 1 is 1.39 bits per heavy atom. The molecule has 0 amide bonds. The summed E-state index contributed by atoms with van der Waals surface area (Å²) < 4.78 is 15.7. The average Bonchev–Trinajstić information content (AvgIpc) is 2.72. The van der Waals surface area contributed by atoms with Crippen LogP contribution in [0, 0.1) is 5.82 Å². The van der Waals surface area contributed by atoms with Gasteiger partial charge in [0, 0.05) is 16.1 Å². The van der Waals surface area contributed by atoms with Crippen molar-refractivity contribution in [1.29, 1.82) is 0 Å². The first-order valence-corrected chi connectivity index (χ1v) is 6.43. The zero-order chi connectivity index (χ0) is 13.3. The van der Waals surface area contributed by atoms with Crippen molar-refractivity contribution < 1.29 is 4.39 Å². The van der Waals surface area contributed by atoms with Crippen molar-refractivity contribution in [2.24, 2.45) is 5.73 Å². The molecule has 18 heavy (non-hydrogen) atoms. The van der Waals surface area contributed by atoms with E-state index in [2.05, 4.69) is 26.1 Å². The molecular weight excluding hydrogens is 299 g/mol. The molecule has 0 bridgehead atoms. The van der Waals surface area contributed by atoms with Gasteiger partial charge in [0.2, 0.25) is 0 Å². The molecule has 2 rings (SSSR count). The van der Waals surface area contributed by atoms with E-state index >= 15 is 0 Å². The maximum absolute atomic E-state index is 13.1. The van der Waals surface area contributed by atoms with E-state index in [1.54, 1.807) is 6.07 Å². The van der Waals surface area contributed by atoms with E-state index < -0.39 is 0 Å². The predicted molar refractivity (Wildman–Crippen MR) is 71.4 cm³/mol. The fraction of sp³-hybridized carbons (Fsp3) is 0.333. The summed E-state index contributed by atoms with van der Waals surface area (Å²) in [4.78, 5) is 0. The second kappa shape index (κ2) is 5.16. The SMILES string of the molecule is CC(C)n1c(CN)nnc1-c1ccc(F)cc1Br. The average molecular weight is 313 g/mol. The van der Waals surface area contributed by atoms with Crippen molar-refractivity contribution >= 4 is 15.9 Å². The smallest absolute Gasteiger partial charge is 0.165 e. The maximum Gasteiger partial charge on any atom is 0.165 e. The highest BCUT2D eigenvalue weighted by Gasteiger charge is 2.17. The van der Waals surface area contributed by atoms with Gasteiger partial charge in [-0.05, 0) is 48.0 Å². The van der Waals surface area contributed by atoms with Gasteiger partial charge in [0.05, 0.1) is 6.54 Å². The highest BCUT2D eigenvalue weighted by Crippen LogP contribution is 2.29. The van der Waals surface area contributed by atoms with Gasteiger partial charge in [-0.1, -0.05) is 0 Å². The monoisotopic (exact) mass is 312 g/mol. The molecule has 6 heteroatoms. The quantitative estimate of drug-likeness (QED) is 0.948. The van der Waals surface area contributed by atoms with Crippen LogP contribution in [-0.4, -0.2) is 14.8 Å². The molecule has 0 atom stereocenters. The van der Waals surface area contributed by atoms with Crippen LogP contribution in [0.15, 0.2) is 22.7 Å². The first-order chi connectivity index (χ1) is 8.54. The molecule has 0 unspecified atom stereocenters. The van der Waals surface area contributed by atoms with Crippen LogP contribution in [0.1, 0.15) is 25.7 Å². The van der Waals surface area contributed by atoms with E-state index in [-0.39, 0.29) is 11.9 Å². The molecule has 96 valence electrons. The molecule has 1 aromatic carbocycles. The van der Waals surface area contributed by atoms with E-state index in [1.807, 2.05) is 18.4 Å². The Bertz CT molecular complexity index is 565. The fourth-order valence-electron chi connectivity index (χ4n) is 1.86. The minimum absolute atomic E-state index is 0.186. The Morgan fingerprint density at radius 3 is 2.67 bits per heavy atom. The van der Waals surface area contributed by atoms with E-state index in [9.17, 15) is 4.39 Å². The van der Waals surface area contributed by atoms with Crippen molar-refractivity contribution in [3.8, 4) is 11.4 Å². The van der Waals surface area contributed by atoms with Crippen LogP contribution >= 0.6 is 15.9 Å². The first-order valence-electron chi connectivity index (χ1n) is 5.64. The molecule has 0 radical (unpaired) electrons. The fourth-order valence-corrected chi connectivity index (χ4v) is 2.39. The molecule has 4 nitrogen and oxygen atoms in total. The first kappa shape index (κ1) is 13.2. The van der Waals surface area contributed by atoms with Crippen molar-refractivity contribution in [1.82, 2.24) is 14.8 Å². The number of rotatable bonds is 3. The third-order valence-electron chi connectivity index (χ3n) is 2.64. The van der Waals surface area contributed by atoms with Gasteiger partial charge in [0.25, 0.3) is 0 Å². The summed E-state index contributed by atoms with van der Waals surface area (Å²) in [7, 11) is 0. The Morgan fingerprint density at radius 2 is 2.11 bits per heavy atom. The summed E-state index contributed by atoms with van der Waals surface area (Å²) >= 11 is 3.35. The van der Waals surface area contributed by atoms with Crippen molar-refractivity contribution in [2.75, 3.05) is 0 Å². The summed E-state index contributed by atoms with van der Waals surface area (Å²) in [6.45, 7) is 4.39. The highest BCUT2D eigenvalue weighted by molar-refractivity contribution is 9.10. The molecule has 2 aromatic rings. The van der Waals surface area contributed by atoms with Gasteiger partial charge in [0.15, 0.2) is 5.82 Å². The number of hydrogen-bond donors (Lipinski definition) is 1. The molecule has 0 saturated carbocycles. The van der Waals surface area contributed by atoms with Crippen LogP contribution in [-0.2, 0) is 6.54 Å². The van der Waals surface area contributed by atoms with Crippen LogP contribution in [0.2, 0.25) is 0 Å². The number of nitrogens with zero attached hydrogens (tertiary/aromatic N) is 3. The minimum atomic E-state index is -0.291. The molecule has 1 heterocycles. The summed E-state index contributed by atoms with van der Waals surface area (Å²) in [6, 6.07) is 4.69. The third kappa shape index (κ3) is 2.30. The van der Waals surface area contributed by atoms with Crippen LogP contribution in [0.4, 0.5) is 4.39 Å². The zero-order valence-corrected chi connectivity index (χ0v) is 11.8. The Hall–Kier alpha value is -1.27. The van der Waals surface area contributed by atoms with Crippen molar-refractivity contribution in [2.45, 2.75) is 26.4 Å². The summed E-state index contributed by atoms with van der Waals surface area (Å²) in [6.07, 6.45) is 0. The number of benzene rings is 1. The normalized spacial score (nSPS) is 11.2. The number of aromatic nitrogens is 3.